The van der Waals surface area contributed by atoms with E-state index in [1.807, 2.05) is 0 Å². The smallest absolute Gasteiger partial charge is 0.210 e. The number of rotatable bonds is 3. The van der Waals surface area contributed by atoms with Crippen LogP contribution in [0.4, 0.5) is 11.4 Å². The van der Waals surface area contributed by atoms with Crippen LogP contribution in [0.15, 0.2) is 109 Å². The van der Waals surface area contributed by atoms with E-state index in [0.29, 0.717) is 0 Å². The molecule has 0 atom stereocenters. The Labute approximate surface area is 258 Å². The summed E-state index contributed by atoms with van der Waals surface area (Å²) in [5.74, 6) is 0. The van der Waals surface area contributed by atoms with Gasteiger partial charge in [0.2, 0.25) is 5.69 Å². The van der Waals surface area contributed by atoms with Crippen LogP contribution in [0.25, 0.3) is 21.5 Å². The van der Waals surface area contributed by atoms with E-state index in [0.717, 1.165) is 0 Å². The van der Waals surface area contributed by atoms with Gasteiger partial charge in [-0.2, -0.15) is 4.58 Å². The Hall–Kier alpha value is -3.91. The third kappa shape index (κ3) is 4.58. The van der Waals surface area contributed by atoms with Gasteiger partial charge in [0.1, 0.15) is 0 Å². The normalized spacial score (nSPS) is 19.0. The molecule has 0 saturated heterocycles. The van der Waals surface area contributed by atoms with Gasteiger partial charge >= 0.3 is 0 Å². The summed E-state index contributed by atoms with van der Waals surface area (Å²) in [6, 6.07) is 26.8. The summed E-state index contributed by atoms with van der Waals surface area (Å²) in [4.78, 5) is 2.54. The summed E-state index contributed by atoms with van der Waals surface area (Å²) in [5, 5.41) is 5.30. The molecule has 0 radical (unpaired) electrons. The molecule has 6 rings (SSSR count). The molecule has 0 spiro atoms. The number of anilines is 1. The molecule has 2 heteroatoms. The Morgan fingerprint density at radius 2 is 1.21 bits per heavy atom. The Kier molecular flexibility index (Phi) is 6.65. The van der Waals surface area contributed by atoms with Crippen LogP contribution in [-0.2, 0) is 10.8 Å². The first-order valence-electron chi connectivity index (χ1n) is 15.7. The molecule has 2 heterocycles. The maximum absolute atomic E-state index is 2.54. The lowest BCUT2D eigenvalue weighted by atomic mass is 9.79. The minimum absolute atomic E-state index is 0.0496. The molecular formula is C41H47N2+. The highest BCUT2D eigenvalue weighted by Crippen LogP contribution is 2.53. The molecule has 43 heavy (non-hydrogen) atoms. The number of fused-ring (bicyclic) bond motifs is 6. The van der Waals surface area contributed by atoms with Gasteiger partial charge in [0.15, 0.2) is 11.3 Å². The molecule has 0 N–H and O–H groups in total. The van der Waals surface area contributed by atoms with Gasteiger partial charge < -0.3 is 4.90 Å². The van der Waals surface area contributed by atoms with Gasteiger partial charge in [-0.25, -0.2) is 0 Å². The van der Waals surface area contributed by atoms with Crippen molar-refractivity contribution in [3.05, 3.63) is 120 Å². The average Bonchev–Trinajstić information content (AvgIpc) is 3.32. The zero-order valence-electron chi connectivity index (χ0n) is 27.7. The zero-order valence-corrected chi connectivity index (χ0v) is 27.7. The van der Waals surface area contributed by atoms with Gasteiger partial charge in [-0.15, -0.1) is 0 Å². The van der Waals surface area contributed by atoms with Crippen molar-refractivity contribution >= 4 is 38.6 Å². The number of benzene rings is 4. The van der Waals surface area contributed by atoms with Crippen molar-refractivity contribution in [2.75, 3.05) is 4.90 Å². The SMILES string of the molecule is CC1(C)C(/C=C/C=C/C=C2/N(C(C)(C)C)c3ccc4ccccc4c3C2(C)C)=[N+](C(C)(C)C)c2ccc3ccccc3c21. The molecule has 0 saturated carbocycles. The molecule has 0 aliphatic carbocycles. The molecule has 220 valence electrons. The van der Waals surface area contributed by atoms with Gasteiger partial charge in [0.25, 0.3) is 0 Å². The molecule has 2 aliphatic heterocycles. The minimum Gasteiger partial charge on any atom is -0.339 e. The number of allylic oxidation sites excluding steroid dienone is 6. The first kappa shape index (κ1) is 29.2. The number of hydrogen-bond donors (Lipinski definition) is 0. The summed E-state index contributed by atoms with van der Waals surface area (Å²) >= 11 is 0. The summed E-state index contributed by atoms with van der Waals surface area (Å²) in [6.07, 6.45) is 11.3. The standard InChI is InChI=1S/C41H47N2/c1-38(2,3)42-32-26-24-28-18-14-16-20-30(28)36(32)40(7,8)34(42)22-12-11-13-23-35-41(9,10)37-31-21-17-15-19-29(31)25-27-33(37)43(35)39(4,5)6/h11-27H,1-10H3/q+1. The predicted molar refractivity (Wildman–Crippen MR) is 187 cm³/mol. The second-order valence-electron chi connectivity index (χ2n) is 15.3. The summed E-state index contributed by atoms with van der Waals surface area (Å²) in [7, 11) is 0. The maximum atomic E-state index is 2.54. The molecule has 4 aromatic rings. The van der Waals surface area contributed by atoms with Crippen LogP contribution in [0.5, 0.6) is 0 Å². The lowest BCUT2D eigenvalue weighted by molar-refractivity contribution is -0.517. The van der Waals surface area contributed by atoms with Crippen molar-refractivity contribution in [1.29, 1.82) is 0 Å². The van der Waals surface area contributed by atoms with Crippen LogP contribution in [0.2, 0.25) is 0 Å². The molecule has 2 aliphatic rings. The van der Waals surface area contributed by atoms with Crippen LogP contribution in [-0.4, -0.2) is 21.4 Å². The highest BCUT2D eigenvalue weighted by molar-refractivity contribution is 6.07. The predicted octanol–water partition coefficient (Wildman–Crippen LogP) is 10.8. The summed E-state index contributed by atoms with van der Waals surface area (Å²) < 4.78 is 2.54. The third-order valence-corrected chi connectivity index (χ3v) is 9.38. The van der Waals surface area contributed by atoms with E-state index < -0.39 is 0 Å². The molecule has 0 unspecified atom stereocenters. The van der Waals surface area contributed by atoms with Crippen molar-refractivity contribution in [1.82, 2.24) is 0 Å². The molecule has 0 bridgehead atoms. The van der Waals surface area contributed by atoms with Crippen molar-refractivity contribution in [2.24, 2.45) is 0 Å². The van der Waals surface area contributed by atoms with E-state index >= 15 is 0 Å². The quantitative estimate of drug-likeness (QED) is 0.176. The Morgan fingerprint density at radius 3 is 1.81 bits per heavy atom. The van der Waals surface area contributed by atoms with Crippen LogP contribution in [0.1, 0.15) is 80.4 Å². The van der Waals surface area contributed by atoms with Crippen molar-refractivity contribution in [3.8, 4) is 0 Å². The lowest BCUT2D eigenvalue weighted by Crippen LogP contribution is -2.41. The van der Waals surface area contributed by atoms with Gasteiger partial charge in [0, 0.05) is 60.8 Å². The fourth-order valence-corrected chi connectivity index (χ4v) is 7.65. The largest absolute Gasteiger partial charge is 0.339 e. The van der Waals surface area contributed by atoms with Crippen molar-refractivity contribution in [3.63, 3.8) is 0 Å². The number of hydrogen-bond acceptors (Lipinski definition) is 1. The fourth-order valence-electron chi connectivity index (χ4n) is 7.65. The fraction of sp³-hybridized carbons (Fsp3) is 0.341. The first-order valence-corrected chi connectivity index (χ1v) is 15.7. The van der Waals surface area contributed by atoms with Crippen LogP contribution < -0.4 is 4.90 Å². The van der Waals surface area contributed by atoms with Crippen LogP contribution >= 0.6 is 0 Å². The zero-order chi connectivity index (χ0) is 30.9. The molecule has 0 fully saturated rings. The molecule has 0 aromatic heterocycles. The highest BCUT2D eigenvalue weighted by Gasteiger charge is 2.49. The Bertz CT molecular complexity index is 1880. The second-order valence-corrected chi connectivity index (χ2v) is 15.3. The molecule has 0 amide bonds. The number of nitrogens with zero attached hydrogens (tertiary/aromatic N) is 2. The van der Waals surface area contributed by atoms with Crippen LogP contribution in [0.3, 0.4) is 0 Å². The van der Waals surface area contributed by atoms with Gasteiger partial charge in [-0.1, -0.05) is 86.7 Å². The van der Waals surface area contributed by atoms with Gasteiger partial charge in [-0.05, 0) is 79.9 Å². The van der Waals surface area contributed by atoms with Gasteiger partial charge in [0.05, 0.1) is 5.41 Å². The maximum Gasteiger partial charge on any atom is 0.210 e. The van der Waals surface area contributed by atoms with E-state index in [1.165, 1.54) is 55.5 Å². The third-order valence-electron chi connectivity index (χ3n) is 9.38. The molecule has 4 aromatic carbocycles. The van der Waals surface area contributed by atoms with E-state index in [4.69, 9.17) is 0 Å². The molecular weight excluding hydrogens is 520 g/mol. The summed E-state index contributed by atoms with van der Waals surface area (Å²) in [5.41, 5.74) is 7.81. The minimum atomic E-state index is -0.120. The van der Waals surface area contributed by atoms with E-state index in [-0.39, 0.29) is 21.9 Å². The Balaban J connectivity index is 1.40. The van der Waals surface area contributed by atoms with Crippen molar-refractivity contribution < 1.29 is 4.58 Å². The highest BCUT2D eigenvalue weighted by atomic mass is 15.2. The monoisotopic (exact) mass is 567 g/mol. The second kappa shape index (κ2) is 9.81. The average molecular weight is 568 g/mol. The lowest BCUT2D eigenvalue weighted by Gasteiger charge is -2.38. The van der Waals surface area contributed by atoms with Crippen molar-refractivity contribution in [2.45, 2.75) is 91.1 Å². The first-order chi connectivity index (χ1) is 20.1. The topological polar surface area (TPSA) is 6.25 Å². The molecule has 2 nitrogen and oxygen atoms in total. The van der Waals surface area contributed by atoms with E-state index in [9.17, 15) is 0 Å². The van der Waals surface area contributed by atoms with Crippen LogP contribution in [0, 0.1) is 0 Å². The summed E-state index contributed by atoms with van der Waals surface area (Å²) in [6.45, 7) is 23.4. The van der Waals surface area contributed by atoms with E-state index in [2.05, 4.69) is 182 Å². The van der Waals surface area contributed by atoms with Gasteiger partial charge in [-0.3, -0.25) is 0 Å². The Morgan fingerprint density at radius 1 is 0.628 bits per heavy atom. The van der Waals surface area contributed by atoms with E-state index in [1.54, 1.807) is 0 Å².